The lowest BCUT2D eigenvalue weighted by molar-refractivity contribution is -0.137. The number of amides is 2. The second kappa shape index (κ2) is 6.59. The van der Waals surface area contributed by atoms with Crippen LogP contribution in [0.1, 0.15) is 0 Å². The molecular weight excluding hydrogens is 254 g/mol. The van der Waals surface area contributed by atoms with Crippen LogP contribution < -0.4 is 5.48 Å². The maximum atomic E-state index is 10.7. The number of nitrogens with one attached hydrogen (secondary N) is 1. The molecule has 0 spiro atoms. The number of hydrogen-bond donors (Lipinski definition) is 5. The van der Waals surface area contributed by atoms with E-state index in [9.17, 15) is 14.2 Å². The smallest absolute Gasteiger partial charge is 0.344 e. The van der Waals surface area contributed by atoms with Crippen LogP contribution in [0, 0.1) is 0 Å². The van der Waals surface area contributed by atoms with Gasteiger partial charge in [-0.3, -0.25) is 19.5 Å². The summed E-state index contributed by atoms with van der Waals surface area (Å²) in [5, 5.41) is 16.4. The summed E-state index contributed by atoms with van der Waals surface area (Å²) in [5.74, 6) is -1.46. The van der Waals surface area contributed by atoms with Crippen molar-refractivity contribution in [3.8, 4) is 0 Å². The molecule has 0 aliphatic carbocycles. The van der Waals surface area contributed by atoms with Crippen LogP contribution in [-0.2, 0) is 9.36 Å². The normalized spacial score (nSPS) is 10.1. The van der Waals surface area contributed by atoms with E-state index in [1.165, 1.54) is 0 Å². The lowest BCUT2D eigenvalue weighted by Crippen LogP contribution is -2.41. The molecule has 0 atom stereocenters. The van der Waals surface area contributed by atoms with Crippen LogP contribution in [0.5, 0.6) is 0 Å². The van der Waals surface area contributed by atoms with Gasteiger partial charge >= 0.3 is 19.6 Å². The van der Waals surface area contributed by atoms with E-state index in [0.717, 1.165) is 5.48 Å². The molecular formula is C4H10ClN2O7P. The zero-order valence-corrected chi connectivity index (χ0v) is 8.94. The Kier molecular flexibility index (Phi) is 7.28. The molecule has 0 saturated carbocycles. The molecule has 0 bridgehead atoms. The van der Waals surface area contributed by atoms with Gasteiger partial charge in [-0.15, -0.1) is 12.4 Å². The Bertz CT molecular complexity index is 278. The fourth-order valence-corrected chi connectivity index (χ4v) is 1.32. The number of carboxylic acid groups (broad SMARTS) is 1. The summed E-state index contributed by atoms with van der Waals surface area (Å²) in [4.78, 5) is 38.0. The number of urea groups is 1. The first-order valence-electron chi connectivity index (χ1n) is 3.21. The molecule has 0 unspecified atom stereocenters. The van der Waals surface area contributed by atoms with E-state index in [4.69, 9.17) is 20.1 Å². The van der Waals surface area contributed by atoms with E-state index in [1.54, 1.807) is 0 Å². The van der Waals surface area contributed by atoms with Gasteiger partial charge < -0.3 is 14.9 Å². The van der Waals surface area contributed by atoms with Crippen LogP contribution in [0.4, 0.5) is 4.79 Å². The summed E-state index contributed by atoms with van der Waals surface area (Å²) in [7, 11) is -4.55. The number of hydroxylamine groups is 1. The predicted octanol–water partition coefficient (Wildman–Crippen LogP) is -0.971. The second-order valence-corrected chi connectivity index (χ2v) is 3.93. The largest absolute Gasteiger partial charge is 0.480 e. The minimum absolute atomic E-state index is 0. The maximum Gasteiger partial charge on any atom is 0.344 e. The van der Waals surface area contributed by atoms with Gasteiger partial charge in [0.1, 0.15) is 12.8 Å². The van der Waals surface area contributed by atoms with Gasteiger partial charge in [-0.1, -0.05) is 0 Å². The average Bonchev–Trinajstić information content (AvgIpc) is 1.98. The van der Waals surface area contributed by atoms with Gasteiger partial charge in [0.15, 0.2) is 0 Å². The summed E-state index contributed by atoms with van der Waals surface area (Å²) in [6.07, 6.45) is -1.08. The molecule has 5 N–H and O–H groups in total. The molecule has 0 aromatic rings. The molecule has 0 aromatic heterocycles. The molecule has 0 heterocycles. The molecule has 9 nitrogen and oxygen atoms in total. The van der Waals surface area contributed by atoms with Crippen LogP contribution in [-0.4, -0.2) is 49.8 Å². The van der Waals surface area contributed by atoms with Crippen LogP contribution in [0.3, 0.4) is 0 Å². The van der Waals surface area contributed by atoms with Crippen molar-refractivity contribution < 1.29 is 34.3 Å². The molecule has 0 aromatic carbocycles. The highest BCUT2D eigenvalue weighted by molar-refractivity contribution is 7.51. The predicted molar refractivity (Wildman–Crippen MR) is 48.8 cm³/mol. The van der Waals surface area contributed by atoms with E-state index < -0.39 is 32.4 Å². The Morgan fingerprint density at radius 3 is 2.07 bits per heavy atom. The first-order valence-corrected chi connectivity index (χ1v) is 5.01. The van der Waals surface area contributed by atoms with Crippen LogP contribution >= 0.6 is 20.0 Å². The number of carboxylic acids is 1. The Hall–Kier alpha value is -0.860. The average molecular weight is 265 g/mol. The molecule has 0 saturated heterocycles. The van der Waals surface area contributed by atoms with E-state index in [2.05, 4.69) is 0 Å². The fraction of sp³-hybridized carbons (Fsp3) is 0.500. The van der Waals surface area contributed by atoms with Gasteiger partial charge in [-0.25, -0.2) is 10.3 Å². The summed E-state index contributed by atoms with van der Waals surface area (Å²) >= 11 is 0. The number of carbonyl (C=O) groups excluding carboxylic acids is 1. The Morgan fingerprint density at radius 2 is 1.80 bits per heavy atom. The summed E-state index contributed by atoms with van der Waals surface area (Å²) < 4.78 is 10.4. The zero-order chi connectivity index (χ0) is 11.4. The third kappa shape index (κ3) is 8.16. The third-order valence-electron chi connectivity index (χ3n) is 1.06. The highest BCUT2D eigenvalue weighted by atomic mass is 35.5. The number of carbonyl (C=O) groups is 2. The summed E-state index contributed by atoms with van der Waals surface area (Å²) in [6.45, 7) is -0.919. The highest BCUT2D eigenvalue weighted by Gasteiger charge is 2.24. The first-order chi connectivity index (χ1) is 6.26. The van der Waals surface area contributed by atoms with Crippen molar-refractivity contribution in [3.63, 3.8) is 0 Å². The zero-order valence-electron chi connectivity index (χ0n) is 7.23. The first kappa shape index (κ1) is 16.6. The van der Waals surface area contributed by atoms with E-state index >= 15 is 0 Å². The molecule has 11 heteroatoms. The standard InChI is InChI=1S/C4H9N2O7P.ClH/c7-3(8)1-6(4(9)5-10)2-14(11,12)13;/h10H,1-2H2,(H,5,9)(H,7,8)(H2,11,12,13);1H. The van der Waals surface area contributed by atoms with Gasteiger partial charge in [0, 0.05) is 0 Å². The SMILES string of the molecule is Cl.O=C(O)CN(CP(=O)(O)O)C(=O)NO. The van der Waals surface area contributed by atoms with Gasteiger partial charge in [0.2, 0.25) is 0 Å². The fourth-order valence-electron chi connectivity index (χ4n) is 0.642. The van der Waals surface area contributed by atoms with Crippen molar-refractivity contribution in [1.82, 2.24) is 10.4 Å². The van der Waals surface area contributed by atoms with E-state index in [1.807, 2.05) is 0 Å². The van der Waals surface area contributed by atoms with Gasteiger partial charge in [0.05, 0.1) is 0 Å². The topological polar surface area (TPSA) is 147 Å². The monoisotopic (exact) mass is 264 g/mol. The highest BCUT2D eigenvalue weighted by Crippen LogP contribution is 2.34. The lowest BCUT2D eigenvalue weighted by atomic mass is 10.6. The minimum Gasteiger partial charge on any atom is -0.480 e. The van der Waals surface area contributed by atoms with Crippen molar-refractivity contribution in [2.24, 2.45) is 0 Å². The lowest BCUT2D eigenvalue weighted by Gasteiger charge is -2.19. The quantitative estimate of drug-likeness (QED) is 0.249. The summed E-state index contributed by atoms with van der Waals surface area (Å²) in [6, 6.07) is -1.30. The number of nitrogens with zero attached hydrogens (tertiary/aromatic N) is 1. The second-order valence-electron chi connectivity index (χ2n) is 2.31. The number of halogens is 1. The third-order valence-corrected chi connectivity index (χ3v) is 1.77. The van der Waals surface area contributed by atoms with Gasteiger partial charge in [-0.05, 0) is 0 Å². The molecule has 15 heavy (non-hydrogen) atoms. The van der Waals surface area contributed by atoms with Gasteiger partial charge in [0.25, 0.3) is 0 Å². The Morgan fingerprint density at radius 1 is 1.33 bits per heavy atom. The molecule has 2 amide bonds. The summed E-state index contributed by atoms with van der Waals surface area (Å²) in [5.41, 5.74) is 1.07. The van der Waals surface area contributed by atoms with Crippen LogP contribution in [0.25, 0.3) is 0 Å². The van der Waals surface area contributed by atoms with Crippen molar-refractivity contribution in [1.29, 1.82) is 0 Å². The molecule has 0 rings (SSSR count). The molecule has 90 valence electrons. The molecule has 0 aliphatic heterocycles. The molecule has 0 aliphatic rings. The number of hydrogen-bond acceptors (Lipinski definition) is 4. The maximum absolute atomic E-state index is 10.7. The van der Waals surface area contributed by atoms with Crippen LogP contribution in [0.15, 0.2) is 0 Å². The van der Waals surface area contributed by atoms with Crippen molar-refractivity contribution in [2.45, 2.75) is 0 Å². The van der Waals surface area contributed by atoms with E-state index in [-0.39, 0.29) is 17.3 Å². The Balaban J connectivity index is 0. The van der Waals surface area contributed by atoms with Crippen molar-refractivity contribution in [3.05, 3.63) is 0 Å². The van der Waals surface area contributed by atoms with E-state index in [0.29, 0.717) is 0 Å². The molecule has 0 radical (unpaired) electrons. The minimum atomic E-state index is -4.55. The Labute approximate surface area is 90.2 Å². The van der Waals surface area contributed by atoms with Crippen molar-refractivity contribution >= 4 is 32.0 Å². The van der Waals surface area contributed by atoms with Crippen molar-refractivity contribution in [2.75, 3.05) is 12.8 Å². The van der Waals surface area contributed by atoms with Gasteiger partial charge in [-0.2, -0.15) is 0 Å². The number of aliphatic carboxylic acids is 1. The van der Waals surface area contributed by atoms with Crippen LogP contribution in [0.2, 0.25) is 0 Å². The molecule has 0 fully saturated rings. The number of rotatable bonds is 4.